The Balaban J connectivity index is 1.97. The van der Waals surface area contributed by atoms with Crippen molar-refractivity contribution in [2.45, 2.75) is 13.5 Å². The lowest BCUT2D eigenvalue weighted by molar-refractivity contribution is 0.0987. The zero-order chi connectivity index (χ0) is 14.4. The van der Waals surface area contributed by atoms with Gasteiger partial charge < -0.3 is 13.9 Å². The molecular weight excluding hydrogens is 262 g/mol. The van der Waals surface area contributed by atoms with Crippen LogP contribution >= 0.6 is 0 Å². The smallest absolute Gasteiger partial charge is 0.409 e. The van der Waals surface area contributed by atoms with Crippen molar-refractivity contribution in [1.29, 1.82) is 0 Å². The van der Waals surface area contributed by atoms with Crippen molar-refractivity contribution in [3.05, 3.63) is 46.3 Å². The average Bonchev–Trinajstić information content (AvgIpc) is 2.45. The highest BCUT2D eigenvalue weighted by Crippen LogP contribution is 2.13. The van der Waals surface area contributed by atoms with Gasteiger partial charge in [-0.15, -0.1) is 0 Å². The summed E-state index contributed by atoms with van der Waals surface area (Å²) in [6, 6.07) is 6.40. The summed E-state index contributed by atoms with van der Waals surface area (Å²) in [5.74, 6) is 0. The van der Waals surface area contributed by atoms with Crippen molar-refractivity contribution < 1.29 is 18.7 Å². The van der Waals surface area contributed by atoms with E-state index in [-0.39, 0.29) is 18.8 Å². The van der Waals surface area contributed by atoms with Crippen LogP contribution in [0, 0.1) is 0 Å². The van der Waals surface area contributed by atoms with Crippen LogP contribution in [-0.2, 0) is 16.1 Å². The quantitative estimate of drug-likeness (QED) is 0.668. The van der Waals surface area contributed by atoms with Crippen LogP contribution in [-0.4, -0.2) is 19.4 Å². The minimum Gasteiger partial charge on any atom is -0.464 e. The van der Waals surface area contributed by atoms with Crippen molar-refractivity contribution >= 4 is 17.1 Å². The number of amides is 1. The molecule has 0 saturated heterocycles. The van der Waals surface area contributed by atoms with E-state index < -0.39 is 6.09 Å². The SMILES string of the molecule is CCOCNC(=O)OCc1ccc2c(=O)ccoc2c1. The fourth-order valence-electron chi connectivity index (χ4n) is 1.63. The molecule has 0 radical (unpaired) electrons. The minimum absolute atomic E-state index is 0.0898. The van der Waals surface area contributed by atoms with Crippen molar-refractivity contribution in [3.8, 4) is 0 Å². The monoisotopic (exact) mass is 277 g/mol. The third kappa shape index (κ3) is 3.58. The molecule has 0 aliphatic heterocycles. The lowest BCUT2D eigenvalue weighted by Crippen LogP contribution is -2.26. The zero-order valence-electron chi connectivity index (χ0n) is 11.0. The molecular formula is C14H15NO5. The number of fused-ring (bicyclic) bond motifs is 1. The first kappa shape index (κ1) is 14.1. The number of benzene rings is 1. The van der Waals surface area contributed by atoms with E-state index in [4.69, 9.17) is 13.9 Å². The molecule has 0 bridgehead atoms. The number of ether oxygens (including phenoxy) is 2. The fraction of sp³-hybridized carbons (Fsp3) is 0.286. The van der Waals surface area contributed by atoms with Crippen LogP contribution in [0.2, 0.25) is 0 Å². The number of carbonyl (C=O) groups is 1. The van der Waals surface area contributed by atoms with Gasteiger partial charge in [0, 0.05) is 12.7 Å². The van der Waals surface area contributed by atoms with Crippen LogP contribution in [0.5, 0.6) is 0 Å². The van der Waals surface area contributed by atoms with Crippen LogP contribution in [0.25, 0.3) is 11.0 Å². The number of rotatable bonds is 5. The average molecular weight is 277 g/mol. The molecule has 2 rings (SSSR count). The van der Waals surface area contributed by atoms with Crippen molar-refractivity contribution in [2.75, 3.05) is 13.3 Å². The number of nitrogens with one attached hydrogen (secondary N) is 1. The molecule has 1 aromatic heterocycles. The molecule has 0 atom stereocenters. The highest BCUT2D eigenvalue weighted by atomic mass is 16.6. The van der Waals surface area contributed by atoms with E-state index in [9.17, 15) is 9.59 Å². The summed E-state index contributed by atoms with van der Waals surface area (Å²) in [4.78, 5) is 22.9. The minimum atomic E-state index is -0.562. The first-order chi connectivity index (χ1) is 9.70. The molecule has 6 nitrogen and oxygen atoms in total. The number of alkyl carbamates (subject to hydrolysis) is 1. The van der Waals surface area contributed by atoms with Gasteiger partial charge in [-0.1, -0.05) is 6.07 Å². The van der Waals surface area contributed by atoms with Gasteiger partial charge in [0.1, 0.15) is 18.9 Å². The van der Waals surface area contributed by atoms with E-state index in [2.05, 4.69) is 5.32 Å². The lowest BCUT2D eigenvalue weighted by Gasteiger charge is -2.07. The van der Waals surface area contributed by atoms with E-state index in [0.29, 0.717) is 17.6 Å². The second-order valence-electron chi connectivity index (χ2n) is 4.01. The molecule has 1 N–H and O–H groups in total. The Morgan fingerprint density at radius 3 is 3.00 bits per heavy atom. The van der Waals surface area contributed by atoms with Gasteiger partial charge in [0.25, 0.3) is 0 Å². The van der Waals surface area contributed by atoms with Crippen molar-refractivity contribution in [3.63, 3.8) is 0 Å². The van der Waals surface area contributed by atoms with Crippen LogP contribution in [0.4, 0.5) is 4.79 Å². The first-order valence-electron chi connectivity index (χ1n) is 6.19. The molecule has 0 fully saturated rings. The summed E-state index contributed by atoms with van der Waals surface area (Å²) >= 11 is 0. The van der Waals surface area contributed by atoms with Gasteiger partial charge in [0.05, 0.1) is 11.6 Å². The maximum Gasteiger partial charge on any atom is 0.409 e. The van der Waals surface area contributed by atoms with Crippen molar-refractivity contribution in [1.82, 2.24) is 5.32 Å². The summed E-state index contributed by atoms with van der Waals surface area (Å²) in [6.07, 6.45) is 0.775. The molecule has 1 heterocycles. The highest BCUT2D eigenvalue weighted by molar-refractivity contribution is 5.76. The van der Waals surface area contributed by atoms with Gasteiger partial charge in [0.15, 0.2) is 5.43 Å². The van der Waals surface area contributed by atoms with E-state index in [1.807, 2.05) is 6.92 Å². The summed E-state index contributed by atoms with van der Waals surface area (Å²) in [7, 11) is 0. The van der Waals surface area contributed by atoms with Crippen LogP contribution < -0.4 is 10.7 Å². The fourth-order valence-corrected chi connectivity index (χ4v) is 1.63. The summed E-state index contributed by atoms with van der Waals surface area (Å²) < 4.78 is 15.2. The Morgan fingerprint density at radius 1 is 1.35 bits per heavy atom. The maximum absolute atomic E-state index is 11.5. The second-order valence-corrected chi connectivity index (χ2v) is 4.01. The van der Waals surface area contributed by atoms with Gasteiger partial charge in [0.2, 0.25) is 0 Å². The maximum atomic E-state index is 11.5. The topological polar surface area (TPSA) is 77.8 Å². The Bertz CT molecular complexity index is 649. The molecule has 20 heavy (non-hydrogen) atoms. The normalized spacial score (nSPS) is 10.4. The third-order valence-corrected chi connectivity index (χ3v) is 2.62. The summed E-state index contributed by atoms with van der Waals surface area (Å²) in [6.45, 7) is 2.55. The van der Waals surface area contributed by atoms with Gasteiger partial charge in [-0.3, -0.25) is 10.1 Å². The second kappa shape index (κ2) is 6.72. The van der Waals surface area contributed by atoms with Gasteiger partial charge in [-0.05, 0) is 24.6 Å². The van der Waals surface area contributed by atoms with Crippen LogP contribution in [0.3, 0.4) is 0 Å². The Hall–Kier alpha value is -2.34. The molecule has 1 aromatic carbocycles. The van der Waals surface area contributed by atoms with Gasteiger partial charge in [-0.2, -0.15) is 0 Å². The van der Waals surface area contributed by atoms with Gasteiger partial charge >= 0.3 is 6.09 Å². The molecule has 0 spiro atoms. The summed E-state index contributed by atoms with van der Waals surface area (Å²) in [5, 5.41) is 2.94. The Labute approximate surface area is 115 Å². The number of hydrogen-bond acceptors (Lipinski definition) is 5. The number of hydrogen-bond donors (Lipinski definition) is 1. The molecule has 0 unspecified atom stereocenters. The molecule has 0 aliphatic rings. The standard InChI is InChI=1S/C14H15NO5/c1-2-18-9-15-14(17)20-8-10-3-4-11-12(16)5-6-19-13(11)7-10/h3-7H,2,8-9H2,1H3,(H,15,17). The van der Waals surface area contributed by atoms with Crippen LogP contribution in [0.15, 0.2) is 39.7 Å². The lowest BCUT2D eigenvalue weighted by atomic mass is 10.1. The first-order valence-corrected chi connectivity index (χ1v) is 6.19. The highest BCUT2D eigenvalue weighted by Gasteiger charge is 2.05. The molecule has 2 aromatic rings. The van der Waals surface area contributed by atoms with E-state index in [1.54, 1.807) is 18.2 Å². The van der Waals surface area contributed by atoms with Crippen LogP contribution in [0.1, 0.15) is 12.5 Å². The third-order valence-electron chi connectivity index (χ3n) is 2.62. The summed E-state index contributed by atoms with van der Waals surface area (Å²) in [5.41, 5.74) is 1.10. The molecule has 0 saturated carbocycles. The predicted molar refractivity (Wildman–Crippen MR) is 72.3 cm³/mol. The Morgan fingerprint density at radius 2 is 2.20 bits per heavy atom. The largest absolute Gasteiger partial charge is 0.464 e. The zero-order valence-corrected chi connectivity index (χ0v) is 11.0. The van der Waals surface area contributed by atoms with Crippen molar-refractivity contribution in [2.24, 2.45) is 0 Å². The molecule has 0 aliphatic carbocycles. The predicted octanol–water partition coefficient (Wildman–Crippen LogP) is 2.01. The number of carbonyl (C=O) groups excluding carboxylic acids is 1. The molecule has 106 valence electrons. The molecule has 6 heteroatoms. The Kier molecular flexibility index (Phi) is 4.73. The van der Waals surface area contributed by atoms with E-state index in [0.717, 1.165) is 5.56 Å². The van der Waals surface area contributed by atoms with E-state index >= 15 is 0 Å². The van der Waals surface area contributed by atoms with Gasteiger partial charge in [-0.25, -0.2) is 4.79 Å². The molecule has 1 amide bonds. The van der Waals surface area contributed by atoms with E-state index in [1.165, 1.54) is 12.3 Å².